The molecule has 2 aromatic rings. The molecule has 0 radical (unpaired) electrons. The molecule has 5 nitrogen and oxygen atoms in total. The average Bonchev–Trinajstić information content (AvgIpc) is 2.98. The summed E-state index contributed by atoms with van der Waals surface area (Å²) in [5.74, 6) is 0. The summed E-state index contributed by atoms with van der Waals surface area (Å²) in [6.45, 7) is 12.0. The van der Waals surface area contributed by atoms with Gasteiger partial charge in [-0.05, 0) is 63.5 Å². The molecule has 23 heavy (non-hydrogen) atoms. The molecule has 0 atom stereocenters. The average molecular weight is 309 g/mol. The van der Waals surface area contributed by atoms with Crippen molar-refractivity contribution in [3.8, 4) is 0 Å². The molecule has 0 fully saturated rings. The second-order valence-electron chi connectivity index (χ2n) is 6.54. The van der Waals surface area contributed by atoms with Crippen molar-refractivity contribution in [3.05, 3.63) is 47.6 Å². The van der Waals surface area contributed by atoms with E-state index in [2.05, 4.69) is 73.0 Å². The van der Waals surface area contributed by atoms with Crippen LogP contribution in [0, 0.1) is 6.92 Å². The molecule has 1 aliphatic rings. The lowest BCUT2D eigenvalue weighted by atomic mass is 9.87. The van der Waals surface area contributed by atoms with Gasteiger partial charge in [-0.3, -0.25) is 0 Å². The number of nitrogens with zero attached hydrogens (tertiary/aromatic N) is 5. The predicted octanol–water partition coefficient (Wildman–Crippen LogP) is 3.49. The third-order valence-electron chi connectivity index (χ3n) is 4.42. The number of rotatable bonds is 3. The molecule has 0 saturated heterocycles. The van der Waals surface area contributed by atoms with Crippen molar-refractivity contribution in [2.45, 2.75) is 40.2 Å². The number of allylic oxidation sites excluding steroid dienone is 1. The predicted molar refractivity (Wildman–Crippen MR) is 94.9 cm³/mol. The maximum atomic E-state index is 4.37. The molecule has 2 heterocycles. The standard InChI is InChI=1S/C18H23N5/c1-6-23-17-7-13(2)15(10-21-22-11-19-20-12-22)8-16(17)14(3)9-18(23,4)5/h7-12H,6H2,1-5H3/b21-10-. The zero-order chi connectivity index (χ0) is 16.6. The Morgan fingerprint density at radius 1 is 1.17 bits per heavy atom. The van der Waals surface area contributed by atoms with Crippen LogP contribution in [-0.2, 0) is 0 Å². The lowest BCUT2D eigenvalue weighted by Crippen LogP contribution is -2.45. The highest BCUT2D eigenvalue weighted by Gasteiger charge is 2.30. The second-order valence-corrected chi connectivity index (χ2v) is 6.54. The molecule has 0 unspecified atom stereocenters. The maximum Gasteiger partial charge on any atom is 0.141 e. The van der Waals surface area contributed by atoms with Crippen molar-refractivity contribution in [1.82, 2.24) is 14.9 Å². The number of likely N-dealkylation sites (N-methyl/N-ethyl adjacent to an activating group) is 1. The van der Waals surface area contributed by atoms with Gasteiger partial charge in [-0.15, -0.1) is 10.2 Å². The van der Waals surface area contributed by atoms with Crippen LogP contribution in [0.25, 0.3) is 5.57 Å². The van der Waals surface area contributed by atoms with Crippen LogP contribution < -0.4 is 4.90 Å². The number of anilines is 1. The Balaban J connectivity index is 2.06. The van der Waals surface area contributed by atoms with Crippen molar-refractivity contribution < 1.29 is 0 Å². The van der Waals surface area contributed by atoms with Crippen molar-refractivity contribution in [2.24, 2.45) is 5.10 Å². The van der Waals surface area contributed by atoms with E-state index in [9.17, 15) is 0 Å². The van der Waals surface area contributed by atoms with E-state index in [1.54, 1.807) is 17.3 Å². The highest BCUT2D eigenvalue weighted by atomic mass is 15.4. The molecule has 0 amide bonds. The van der Waals surface area contributed by atoms with E-state index in [0.717, 1.165) is 12.1 Å². The number of benzene rings is 1. The Kier molecular flexibility index (Phi) is 3.80. The summed E-state index contributed by atoms with van der Waals surface area (Å²) < 4.78 is 1.60. The Bertz CT molecular complexity index is 769. The zero-order valence-corrected chi connectivity index (χ0v) is 14.4. The van der Waals surface area contributed by atoms with Crippen LogP contribution in [0.1, 0.15) is 44.4 Å². The maximum absolute atomic E-state index is 4.37. The monoisotopic (exact) mass is 309 g/mol. The van der Waals surface area contributed by atoms with E-state index in [-0.39, 0.29) is 5.54 Å². The molecular formula is C18H23N5. The molecule has 1 aromatic heterocycles. The first-order valence-electron chi connectivity index (χ1n) is 7.93. The number of hydrogen-bond acceptors (Lipinski definition) is 4. The van der Waals surface area contributed by atoms with Gasteiger partial charge in [0, 0.05) is 17.8 Å². The molecule has 0 N–H and O–H groups in total. The lowest BCUT2D eigenvalue weighted by molar-refractivity contribution is 0.566. The molecular weight excluding hydrogens is 286 g/mol. The van der Waals surface area contributed by atoms with Crippen LogP contribution in [0.4, 0.5) is 5.69 Å². The van der Waals surface area contributed by atoms with E-state index in [1.165, 1.54) is 22.4 Å². The van der Waals surface area contributed by atoms with E-state index >= 15 is 0 Å². The molecule has 0 saturated carbocycles. The van der Waals surface area contributed by atoms with Gasteiger partial charge in [-0.25, -0.2) is 4.68 Å². The highest BCUT2D eigenvalue weighted by molar-refractivity contribution is 5.89. The lowest BCUT2D eigenvalue weighted by Gasteiger charge is -2.43. The van der Waals surface area contributed by atoms with Crippen LogP contribution in [0.3, 0.4) is 0 Å². The van der Waals surface area contributed by atoms with E-state index < -0.39 is 0 Å². The minimum atomic E-state index is 0.0381. The second kappa shape index (κ2) is 5.65. The quantitative estimate of drug-likeness (QED) is 0.815. The molecule has 1 aromatic carbocycles. The summed E-state index contributed by atoms with van der Waals surface area (Å²) in [4.78, 5) is 2.45. The summed E-state index contributed by atoms with van der Waals surface area (Å²) in [7, 11) is 0. The van der Waals surface area contributed by atoms with Gasteiger partial charge in [0.05, 0.1) is 11.8 Å². The number of hydrogen-bond donors (Lipinski definition) is 0. The number of aromatic nitrogens is 3. The van der Waals surface area contributed by atoms with Gasteiger partial charge in [-0.2, -0.15) is 5.10 Å². The summed E-state index contributed by atoms with van der Waals surface area (Å²) in [6.07, 6.45) is 7.37. The summed E-state index contributed by atoms with van der Waals surface area (Å²) >= 11 is 0. The Morgan fingerprint density at radius 3 is 2.52 bits per heavy atom. The molecule has 0 spiro atoms. The fraction of sp³-hybridized carbons (Fsp3) is 0.389. The number of fused-ring (bicyclic) bond motifs is 1. The van der Waals surface area contributed by atoms with Gasteiger partial charge in [0.25, 0.3) is 0 Å². The Hall–Kier alpha value is -2.43. The van der Waals surface area contributed by atoms with Gasteiger partial charge in [0.1, 0.15) is 12.7 Å². The van der Waals surface area contributed by atoms with Crippen molar-refractivity contribution in [2.75, 3.05) is 11.4 Å². The Labute approximate surface area is 137 Å². The first-order valence-corrected chi connectivity index (χ1v) is 7.93. The van der Waals surface area contributed by atoms with Gasteiger partial charge >= 0.3 is 0 Å². The smallest absolute Gasteiger partial charge is 0.141 e. The summed E-state index contributed by atoms with van der Waals surface area (Å²) in [5.41, 5.74) is 6.26. The Morgan fingerprint density at radius 2 is 1.87 bits per heavy atom. The fourth-order valence-corrected chi connectivity index (χ4v) is 3.35. The molecule has 5 heteroatoms. The molecule has 0 bridgehead atoms. The van der Waals surface area contributed by atoms with Gasteiger partial charge in [0.15, 0.2) is 0 Å². The van der Waals surface area contributed by atoms with Crippen LogP contribution in [0.5, 0.6) is 0 Å². The largest absolute Gasteiger partial charge is 0.363 e. The normalized spacial score (nSPS) is 16.6. The van der Waals surface area contributed by atoms with Crippen LogP contribution in [0.2, 0.25) is 0 Å². The van der Waals surface area contributed by atoms with Crippen molar-refractivity contribution in [1.29, 1.82) is 0 Å². The van der Waals surface area contributed by atoms with Crippen molar-refractivity contribution >= 4 is 17.5 Å². The SMILES string of the molecule is CCN1c2cc(C)c(/C=N\n3cnnc3)cc2C(C)=CC1(C)C. The molecule has 1 aliphatic heterocycles. The molecule has 3 rings (SSSR count). The van der Waals surface area contributed by atoms with Gasteiger partial charge < -0.3 is 4.90 Å². The minimum absolute atomic E-state index is 0.0381. The first-order chi connectivity index (χ1) is 10.9. The zero-order valence-electron chi connectivity index (χ0n) is 14.4. The first kappa shape index (κ1) is 15.5. The molecule has 0 aliphatic carbocycles. The van der Waals surface area contributed by atoms with Gasteiger partial charge in [0.2, 0.25) is 0 Å². The molecule has 120 valence electrons. The minimum Gasteiger partial charge on any atom is -0.363 e. The third kappa shape index (κ3) is 2.79. The van der Waals surface area contributed by atoms with E-state index in [0.29, 0.717) is 0 Å². The van der Waals surface area contributed by atoms with E-state index in [1.807, 2.05) is 6.21 Å². The third-order valence-corrected chi connectivity index (χ3v) is 4.42. The van der Waals surface area contributed by atoms with Crippen LogP contribution >= 0.6 is 0 Å². The fourth-order valence-electron chi connectivity index (χ4n) is 3.35. The summed E-state index contributed by atoms with van der Waals surface area (Å²) in [5, 5.41) is 11.9. The summed E-state index contributed by atoms with van der Waals surface area (Å²) in [6, 6.07) is 4.49. The van der Waals surface area contributed by atoms with Gasteiger partial charge in [-0.1, -0.05) is 6.08 Å². The number of aryl methyl sites for hydroxylation is 1. The van der Waals surface area contributed by atoms with E-state index in [4.69, 9.17) is 0 Å². The van der Waals surface area contributed by atoms with Crippen LogP contribution in [-0.4, -0.2) is 33.2 Å². The van der Waals surface area contributed by atoms with Crippen LogP contribution in [0.15, 0.2) is 36.0 Å². The van der Waals surface area contributed by atoms with Crippen molar-refractivity contribution in [3.63, 3.8) is 0 Å². The topological polar surface area (TPSA) is 46.3 Å². The highest BCUT2D eigenvalue weighted by Crippen LogP contribution is 2.39.